The number of benzene rings is 2. The molecule has 3 heterocycles. The van der Waals surface area contributed by atoms with E-state index >= 15 is 0 Å². The zero-order valence-electron chi connectivity index (χ0n) is 18.0. The average molecular weight is 513 g/mol. The second-order valence-corrected chi connectivity index (χ2v) is 8.64. The average Bonchev–Trinajstić information content (AvgIpc) is 3.25. The predicted octanol–water partition coefficient (Wildman–Crippen LogP) is 5.55. The lowest BCUT2D eigenvalue weighted by atomic mass is 9.94. The molecule has 1 aliphatic heterocycles. The Balaban J connectivity index is 1.57. The van der Waals surface area contributed by atoms with E-state index in [0.29, 0.717) is 28.0 Å². The molecule has 5 rings (SSSR count). The molecule has 0 bridgehead atoms. The van der Waals surface area contributed by atoms with Crippen LogP contribution in [0, 0.1) is 11.6 Å². The molecule has 7 nitrogen and oxygen atoms in total. The highest BCUT2D eigenvalue weighted by atomic mass is 35.5. The summed E-state index contributed by atoms with van der Waals surface area (Å²) in [5, 5.41) is 13.3. The van der Waals surface area contributed by atoms with Crippen molar-refractivity contribution in [2.24, 2.45) is 4.99 Å². The molecule has 176 valence electrons. The van der Waals surface area contributed by atoms with Gasteiger partial charge in [0.1, 0.15) is 28.7 Å². The number of hydrogen-bond donors (Lipinski definition) is 3. The molecule has 0 fully saturated rings. The molecular formula is C24H16Cl2F2N6O. The second kappa shape index (κ2) is 9.09. The van der Waals surface area contributed by atoms with Gasteiger partial charge in [-0.1, -0.05) is 29.3 Å². The second-order valence-electron chi connectivity index (χ2n) is 7.82. The zero-order chi connectivity index (χ0) is 24.7. The van der Waals surface area contributed by atoms with Gasteiger partial charge in [-0.2, -0.15) is 5.10 Å². The van der Waals surface area contributed by atoms with E-state index in [2.05, 4.69) is 30.8 Å². The molecule has 11 heteroatoms. The number of nitrogens with zero attached hydrogens (tertiary/aromatic N) is 3. The fourth-order valence-corrected chi connectivity index (χ4v) is 4.20. The van der Waals surface area contributed by atoms with E-state index in [-0.39, 0.29) is 27.0 Å². The third kappa shape index (κ3) is 4.48. The Bertz CT molecular complexity index is 1550. The number of rotatable bonds is 4. The van der Waals surface area contributed by atoms with Gasteiger partial charge < -0.3 is 10.6 Å². The number of aromatic nitrogens is 3. The van der Waals surface area contributed by atoms with Crippen LogP contribution in [0.1, 0.15) is 24.1 Å². The molecule has 4 aromatic rings. The van der Waals surface area contributed by atoms with Crippen molar-refractivity contribution in [3.8, 4) is 0 Å². The van der Waals surface area contributed by atoms with Crippen LogP contribution in [-0.2, 0) is 4.79 Å². The van der Waals surface area contributed by atoms with Crippen molar-refractivity contribution in [2.45, 2.75) is 13.0 Å². The Hall–Kier alpha value is -3.82. The molecule has 0 radical (unpaired) electrons. The Morgan fingerprint density at radius 3 is 2.69 bits per heavy atom. The van der Waals surface area contributed by atoms with Crippen LogP contribution in [0.3, 0.4) is 0 Å². The maximum Gasteiger partial charge on any atom is 0.255 e. The zero-order valence-corrected chi connectivity index (χ0v) is 19.5. The van der Waals surface area contributed by atoms with Gasteiger partial charge in [0.15, 0.2) is 0 Å². The molecule has 0 aliphatic carbocycles. The summed E-state index contributed by atoms with van der Waals surface area (Å²) in [4.78, 5) is 22.0. The summed E-state index contributed by atoms with van der Waals surface area (Å²) in [6.07, 6.45) is 3.02. The quantitative estimate of drug-likeness (QED) is 0.312. The van der Waals surface area contributed by atoms with E-state index < -0.39 is 23.6 Å². The lowest BCUT2D eigenvalue weighted by molar-refractivity contribution is -0.113. The minimum absolute atomic E-state index is 0.0461. The molecule has 1 atom stereocenters. The lowest BCUT2D eigenvalue weighted by Gasteiger charge is -2.27. The number of fused-ring (bicyclic) bond motifs is 1. The number of amidine groups is 1. The van der Waals surface area contributed by atoms with Gasteiger partial charge in [-0.25, -0.2) is 13.8 Å². The molecule has 1 unspecified atom stereocenters. The molecule has 0 spiro atoms. The van der Waals surface area contributed by atoms with Gasteiger partial charge in [0, 0.05) is 39.5 Å². The van der Waals surface area contributed by atoms with Crippen LogP contribution in [0.4, 0.5) is 14.5 Å². The number of halogens is 4. The monoisotopic (exact) mass is 512 g/mol. The van der Waals surface area contributed by atoms with E-state index in [1.807, 2.05) is 0 Å². The van der Waals surface area contributed by atoms with Crippen LogP contribution in [0.15, 0.2) is 71.1 Å². The Morgan fingerprint density at radius 2 is 1.91 bits per heavy atom. The van der Waals surface area contributed by atoms with Crippen LogP contribution in [0.25, 0.3) is 10.9 Å². The molecule has 0 saturated carbocycles. The maximum absolute atomic E-state index is 15.0. The van der Waals surface area contributed by atoms with E-state index in [9.17, 15) is 13.6 Å². The molecule has 2 aromatic carbocycles. The van der Waals surface area contributed by atoms with Crippen molar-refractivity contribution >= 4 is 51.5 Å². The van der Waals surface area contributed by atoms with Gasteiger partial charge >= 0.3 is 0 Å². The Labute approximate surface area is 207 Å². The number of carbonyl (C=O) groups excluding carboxylic acids is 1. The van der Waals surface area contributed by atoms with Crippen LogP contribution in [-0.4, -0.2) is 26.9 Å². The van der Waals surface area contributed by atoms with Gasteiger partial charge in [-0.15, -0.1) is 0 Å². The number of anilines is 1. The third-order valence-electron chi connectivity index (χ3n) is 5.52. The molecule has 3 N–H and O–H groups in total. The molecule has 0 saturated heterocycles. The van der Waals surface area contributed by atoms with Crippen LogP contribution < -0.4 is 10.6 Å². The normalized spacial score (nSPS) is 15.7. The number of carbonyl (C=O) groups is 1. The Kier molecular flexibility index (Phi) is 5.96. The summed E-state index contributed by atoms with van der Waals surface area (Å²) in [5.41, 5.74) is 1.69. The molecule has 2 aromatic heterocycles. The van der Waals surface area contributed by atoms with Gasteiger partial charge in [-0.05, 0) is 37.3 Å². The minimum Gasteiger partial charge on any atom is -0.343 e. The highest BCUT2D eigenvalue weighted by molar-refractivity contribution is 6.30. The van der Waals surface area contributed by atoms with Gasteiger partial charge in [-0.3, -0.25) is 14.9 Å². The van der Waals surface area contributed by atoms with E-state index in [0.717, 1.165) is 6.07 Å². The van der Waals surface area contributed by atoms with E-state index in [4.69, 9.17) is 23.2 Å². The van der Waals surface area contributed by atoms with Crippen molar-refractivity contribution < 1.29 is 13.6 Å². The summed E-state index contributed by atoms with van der Waals surface area (Å²) in [6.45, 7) is 1.66. The summed E-state index contributed by atoms with van der Waals surface area (Å²) in [7, 11) is 0. The maximum atomic E-state index is 15.0. The van der Waals surface area contributed by atoms with Crippen molar-refractivity contribution in [3.05, 3.63) is 99.1 Å². The fraction of sp³-hybridized carbons (Fsp3) is 0.0833. The first-order valence-electron chi connectivity index (χ1n) is 10.4. The summed E-state index contributed by atoms with van der Waals surface area (Å²) < 4.78 is 29.6. The third-order valence-corrected chi connectivity index (χ3v) is 5.96. The Morgan fingerprint density at radius 1 is 1.09 bits per heavy atom. The number of hydrogen-bond acceptors (Lipinski definition) is 5. The highest BCUT2D eigenvalue weighted by Crippen LogP contribution is 2.35. The molecule has 35 heavy (non-hydrogen) atoms. The number of aromatic amines is 1. The van der Waals surface area contributed by atoms with Crippen molar-refractivity contribution in [1.29, 1.82) is 0 Å². The van der Waals surface area contributed by atoms with E-state index in [1.165, 1.54) is 36.7 Å². The van der Waals surface area contributed by atoms with Crippen molar-refractivity contribution in [3.63, 3.8) is 0 Å². The predicted molar refractivity (Wildman–Crippen MR) is 130 cm³/mol. The van der Waals surface area contributed by atoms with Crippen molar-refractivity contribution in [2.75, 3.05) is 5.32 Å². The minimum atomic E-state index is -1.05. The molecular weight excluding hydrogens is 497 g/mol. The van der Waals surface area contributed by atoms with Crippen molar-refractivity contribution in [1.82, 2.24) is 20.5 Å². The number of nitrogens with one attached hydrogen (secondary N) is 3. The van der Waals surface area contributed by atoms with Gasteiger partial charge in [0.05, 0.1) is 23.0 Å². The number of allylic oxidation sites excluding steroid dienone is 1. The number of H-pyrrole nitrogens is 1. The lowest BCUT2D eigenvalue weighted by Crippen LogP contribution is -2.34. The SMILES string of the molecule is CC1=C(C(=O)Nc2cc3cn[nH]c3cc2F)C(c2ccc(Cl)cc2F)N=C(c2ccnc(Cl)c2)N1. The van der Waals surface area contributed by atoms with E-state index in [1.54, 1.807) is 19.1 Å². The van der Waals surface area contributed by atoms with Crippen LogP contribution in [0.5, 0.6) is 0 Å². The largest absolute Gasteiger partial charge is 0.343 e. The standard InChI is InChI=1S/C24H16Cl2F2N6O/c1-11-21(24(35)32-19-6-13-10-30-34-18(13)9-17(19)28)22(15-3-2-14(25)8-16(15)27)33-23(31-11)12-4-5-29-20(26)7-12/h2-10,22H,1H3,(H,30,34)(H,31,33)(H,32,35). The smallest absolute Gasteiger partial charge is 0.255 e. The van der Waals surface area contributed by atoms with Gasteiger partial charge in [0.2, 0.25) is 0 Å². The van der Waals surface area contributed by atoms with Crippen LogP contribution >= 0.6 is 23.2 Å². The van der Waals surface area contributed by atoms with Gasteiger partial charge in [0.25, 0.3) is 5.91 Å². The number of pyridine rings is 1. The summed E-state index contributed by atoms with van der Waals surface area (Å²) in [5.74, 6) is -1.56. The fourth-order valence-electron chi connectivity index (χ4n) is 3.87. The first-order valence-corrected chi connectivity index (χ1v) is 11.1. The molecule has 1 aliphatic rings. The number of aliphatic imine (C=N–C) groups is 1. The number of amides is 1. The summed E-state index contributed by atoms with van der Waals surface area (Å²) in [6, 6.07) is 9.05. The summed E-state index contributed by atoms with van der Waals surface area (Å²) >= 11 is 12.0. The highest BCUT2D eigenvalue weighted by Gasteiger charge is 2.32. The molecule has 1 amide bonds. The topological polar surface area (TPSA) is 95.1 Å². The first-order chi connectivity index (χ1) is 16.8. The first kappa shape index (κ1) is 22.9. The van der Waals surface area contributed by atoms with Crippen LogP contribution in [0.2, 0.25) is 10.2 Å².